The standard InChI is InChI=1S/C18H22N4O3/c19-6-13-1-3-16(4-2-13)17(20-12-23)11-21-7-14-5-15(8-21)10-22(9-14)18(24)25/h1-4,12,14-15,17H,5,7-11H2,(H,20,23)(H,24,25)/p-1. The predicted molar refractivity (Wildman–Crippen MR) is 88.1 cm³/mol. The lowest BCUT2D eigenvalue weighted by Gasteiger charge is -2.47. The van der Waals surface area contributed by atoms with Gasteiger partial charge < -0.3 is 25.0 Å². The zero-order valence-electron chi connectivity index (χ0n) is 13.9. The van der Waals surface area contributed by atoms with Gasteiger partial charge in [-0.15, -0.1) is 0 Å². The topological polar surface area (TPSA) is 99.5 Å². The SMILES string of the molecule is N#Cc1ccc(C(CN2CC3CC(C2)CN(C(=O)[O-])C3)NC=O)cc1. The molecule has 25 heavy (non-hydrogen) atoms. The third-order valence-electron chi connectivity index (χ3n) is 5.07. The van der Waals surface area contributed by atoms with Crippen molar-refractivity contribution in [2.45, 2.75) is 12.5 Å². The number of carboxylic acid groups (broad SMARTS) is 1. The maximum atomic E-state index is 11.1. The van der Waals surface area contributed by atoms with Gasteiger partial charge >= 0.3 is 0 Å². The molecule has 2 heterocycles. The summed E-state index contributed by atoms with van der Waals surface area (Å²) >= 11 is 0. The molecule has 2 aliphatic rings. The molecule has 0 radical (unpaired) electrons. The van der Waals surface area contributed by atoms with Crippen LogP contribution in [0.1, 0.15) is 23.6 Å². The number of likely N-dealkylation sites (tertiary alicyclic amines) is 2. The van der Waals surface area contributed by atoms with Crippen molar-refractivity contribution in [3.05, 3.63) is 35.4 Å². The van der Waals surface area contributed by atoms with E-state index < -0.39 is 6.09 Å². The van der Waals surface area contributed by atoms with Gasteiger partial charge in [0.2, 0.25) is 6.41 Å². The van der Waals surface area contributed by atoms with Gasteiger partial charge in [0.05, 0.1) is 17.7 Å². The normalized spacial score (nSPS) is 24.2. The number of hydrogen-bond acceptors (Lipinski definition) is 5. The van der Waals surface area contributed by atoms with E-state index in [1.54, 1.807) is 12.1 Å². The molecule has 0 saturated carbocycles. The Morgan fingerprint density at radius 1 is 1.28 bits per heavy atom. The van der Waals surface area contributed by atoms with Gasteiger partial charge in [-0.1, -0.05) is 12.1 Å². The summed E-state index contributed by atoms with van der Waals surface area (Å²) in [6, 6.07) is 9.16. The first-order valence-corrected chi connectivity index (χ1v) is 8.47. The molecule has 7 heteroatoms. The van der Waals surface area contributed by atoms with E-state index in [4.69, 9.17) is 5.26 Å². The van der Waals surface area contributed by atoms with E-state index in [2.05, 4.69) is 16.3 Å². The number of benzene rings is 1. The number of piperidine rings is 2. The van der Waals surface area contributed by atoms with Crippen molar-refractivity contribution in [3.8, 4) is 6.07 Å². The van der Waals surface area contributed by atoms with Crippen molar-refractivity contribution < 1.29 is 14.7 Å². The molecule has 0 aromatic heterocycles. The highest BCUT2D eigenvalue weighted by molar-refractivity contribution is 5.62. The fourth-order valence-electron chi connectivity index (χ4n) is 4.07. The number of carbonyl (C=O) groups is 2. The Bertz CT molecular complexity index is 656. The van der Waals surface area contributed by atoms with E-state index in [9.17, 15) is 14.7 Å². The van der Waals surface area contributed by atoms with E-state index >= 15 is 0 Å². The summed E-state index contributed by atoms with van der Waals surface area (Å²) in [5, 5.41) is 22.9. The monoisotopic (exact) mass is 341 g/mol. The molecular weight excluding hydrogens is 320 g/mol. The second-order valence-corrected chi connectivity index (χ2v) is 6.93. The Balaban J connectivity index is 1.66. The lowest BCUT2D eigenvalue weighted by atomic mass is 9.84. The predicted octanol–water partition coefficient (Wildman–Crippen LogP) is -0.0576. The van der Waals surface area contributed by atoms with Gasteiger partial charge in [-0.25, -0.2) is 0 Å². The third kappa shape index (κ3) is 4.09. The van der Waals surface area contributed by atoms with E-state index in [1.165, 1.54) is 4.90 Å². The number of nitrogens with one attached hydrogen (secondary N) is 1. The minimum absolute atomic E-state index is 0.152. The number of nitriles is 1. The fraction of sp³-hybridized carbons (Fsp3) is 0.500. The molecule has 1 aromatic rings. The lowest BCUT2D eigenvalue weighted by molar-refractivity contribution is -0.268. The first kappa shape index (κ1) is 17.2. The Morgan fingerprint density at radius 3 is 2.44 bits per heavy atom. The second-order valence-electron chi connectivity index (χ2n) is 6.93. The molecule has 1 aromatic carbocycles. The third-order valence-corrected chi connectivity index (χ3v) is 5.07. The van der Waals surface area contributed by atoms with Crippen molar-refractivity contribution in [1.29, 1.82) is 5.26 Å². The van der Waals surface area contributed by atoms with Crippen molar-refractivity contribution >= 4 is 12.5 Å². The van der Waals surface area contributed by atoms with Gasteiger partial charge in [0, 0.05) is 32.7 Å². The highest BCUT2D eigenvalue weighted by atomic mass is 16.4. The van der Waals surface area contributed by atoms with Gasteiger partial charge in [-0.05, 0) is 36.0 Å². The zero-order chi connectivity index (χ0) is 17.8. The molecule has 132 valence electrons. The summed E-state index contributed by atoms with van der Waals surface area (Å²) in [6.07, 6.45) is 0.662. The average Bonchev–Trinajstić information content (AvgIpc) is 2.60. The van der Waals surface area contributed by atoms with E-state index in [0.717, 1.165) is 25.1 Å². The molecule has 0 spiro atoms. The molecule has 2 bridgehead atoms. The van der Waals surface area contributed by atoms with Crippen LogP contribution < -0.4 is 10.4 Å². The van der Waals surface area contributed by atoms with Crippen LogP contribution in [0.2, 0.25) is 0 Å². The number of rotatable bonds is 5. The molecule has 3 rings (SSSR count). The van der Waals surface area contributed by atoms with Crippen LogP contribution >= 0.6 is 0 Å². The first-order valence-electron chi connectivity index (χ1n) is 8.47. The molecule has 0 aliphatic carbocycles. The van der Waals surface area contributed by atoms with Crippen molar-refractivity contribution in [1.82, 2.24) is 15.1 Å². The Hall–Kier alpha value is -2.59. The van der Waals surface area contributed by atoms with Crippen LogP contribution in [0.4, 0.5) is 4.79 Å². The van der Waals surface area contributed by atoms with Gasteiger partial charge in [0.1, 0.15) is 6.09 Å². The van der Waals surface area contributed by atoms with Gasteiger partial charge in [0.15, 0.2) is 0 Å². The molecule has 2 amide bonds. The molecule has 1 N–H and O–H groups in total. The highest BCUT2D eigenvalue weighted by Gasteiger charge is 2.34. The zero-order valence-corrected chi connectivity index (χ0v) is 13.9. The summed E-state index contributed by atoms with van der Waals surface area (Å²) in [6.45, 7) is 3.35. The molecule has 3 unspecified atom stereocenters. The Kier molecular flexibility index (Phi) is 5.19. The molecule has 2 saturated heterocycles. The van der Waals surface area contributed by atoms with Crippen molar-refractivity contribution in [2.75, 3.05) is 32.7 Å². The maximum Gasteiger partial charge on any atom is 0.207 e. The first-order chi connectivity index (χ1) is 12.1. The number of amides is 2. The molecular formula is C18H21N4O3-. The van der Waals surface area contributed by atoms with Crippen LogP contribution in [0.25, 0.3) is 0 Å². The second kappa shape index (κ2) is 7.53. The van der Waals surface area contributed by atoms with Crippen LogP contribution in [0, 0.1) is 23.2 Å². The fourth-order valence-corrected chi connectivity index (χ4v) is 4.07. The van der Waals surface area contributed by atoms with Crippen molar-refractivity contribution in [3.63, 3.8) is 0 Å². The largest absolute Gasteiger partial charge is 0.530 e. The summed E-state index contributed by atoms with van der Waals surface area (Å²) in [5.74, 6) is 0.617. The molecule has 2 fully saturated rings. The Labute approximate surface area is 146 Å². The summed E-state index contributed by atoms with van der Waals surface area (Å²) in [7, 11) is 0. The maximum absolute atomic E-state index is 11.1. The lowest BCUT2D eigenvalue weighted by Crippen LogP contribution is -2.57. The molecule has 7 nitrogen and oxygen atoms in total. The minimum atomic E-state index is -1.08. The van der Waals surface area contributed by atoms with Crippen LogP contribution in [0.15, 0.2) is 24.3 Å². The number of hydrogen-bond donors (Lipinski definition) is 1. The summed E-state index contributed by atoms with van der Waals surface area (Å²) < 4.78 is 0. The number of carbonyl (C=O) groups excluding carboxylic acids is 2. The number of nitrogens with zero attached hydrogens (tertiary/aromatic N) is 3. The summed E-state index contributed by atoms with van der Waals surface area (Å²) in [5.41, 5.74) is 1.54. The van der Waals surface area contributed by atoms with Crippen molar-refractivity contribution in [2.24, 2.45) is 11.8 Å². The summed E-state index contributed by atoms with van der Waals surface area (Å²) in [4.78, 5) is 25.8. The van der Waals surface area contributed by atoms with E-state index in [1.807, 2.05) is 12.1 Å². The highest BCUT2D eigenvalue weighted by Crippen LogP contribution is 2.29. The van der Waals surface area contributed by atoms with Gasteiger partial charge in [-0.2, -0.15) is 5.26 Å². The molecule has 3 atom stereocenters. The molecule has 2 aliphatic heterocycles. The van der Waals surface area contributed by atoms with Gasteiger partial charge in [0.25, 0.3) is 0 Å². The smallest absolute Gasteiger partial charge is 0.207 e. The van der Waals surface area contributed by atoms with Crippen LogP contribution in [-0.4, -0.2) is 55.0 Å². The average molecular weight is 341 g/mol. The van der Waals surface area contributed by atoms with Crippen LogP contribution in [-0.2, 0) is 4.79 Å². The Morgan fingerprint density at radius 2 is 1.92 bits per heavy atom. The van der Waals surface area contributed by atoms with Gasteiger partial charge in [-0.3, -0.25) is 4.79 Å². The number of fused-ring (bicyclic) bond motifs is 2. The minimum Gasteiger partial charge on any atom is -0.530 e. The quantitative estimate of drug-likeness (QED) is 0.757. The van der Waals surface area contributed by atoms with Crippen LogP contribution in [0.5, 0.6) is 0 Å². The van der Waals surface area contributed by atoms with Crippen LogP contribution in [0.3, 0.4) is 0 Å². The van der Waals surface area contributed by atoms with E-state index in [0.29, 0.717) is 43.4 Å². The van der Waals surface area contributed by atoms with E-state index in [-0.39, 0.29) is 6.04 Å².